The lowest BCUT2D eigenvalue weighted by Gasteiger charge is -2.25. The summed E-state index contributed by atoms with van der Waals surface area (Å²) in [6.07, 6.45) is 5.91. The molecular formula is C27H30N6O3. The van der Waals surface area contributed by atoms with Crippen LogP contribution in [0.15, 0.2) is 47.3 Å². The van der Waals surface area contributed by atoms with E-state index < -0.39 is 0 Å². The van der Waals surface area contributed by atoms with E-state index in [9.17, 15) is 4.79 Å². The van der Waals surface area contributed by atoms with Gasteiger partial charge < -0.3 is 14.5 Å². The van der Waals surface area contributed by atoms with Gasteiger partial charge in [0.25, 0.3) is 5.56 Å². The van der Waals surface area contributed by atoms with Gasteiger partial charge >= 0.3 is 0 Å². The molecule has 2 aromatic heterocycles. The molecule has 4 aromatic rings. The fourth-order valence-corrected chi connectivity index (χ4v) is 5.24. The maximum absolute atomic E-state index is 13.1. The highest BCUT2D eigenvalue weighted by atomic mass is 16.7. The number of hydrogen-bond acceptors (Lipinski definition) is 7. The Morgan fingerprint density at radius 1 is 1.00 bits per heavy atom. The Morgan fingerprint density at radius 3 is 2.58 bits per heavy atom. The van der Waals surface area contributed by atoms with Crippen molar-refractivity contribution < 1.29 is 9.47 Å². The van der Waals surface area contributed by atoms with Gasteiger partial charge in [0.05, 0.1) is 18.1 Å². The number of aryl methyl sites for hydroxylation is 1. The Labute approximate surface area is 209 Å². The number of aromatic nitrogens is 5. The van der Waals surface area contributed by atoms with Gasteiger partial charge in [0, 0.05) is 30.1 Å². The number of H-pyrrole nitrogens is 1. The molecular weight excluding hydrogens is 456 g/mol. The minimum atomic E-state index is -0.109. The number of ether oxygens (including phenoxy) is 2. The number of fused-ring (bicyclic) bond motifs is 2. The fourth-order valence-electron chi connectivity index (χ4n) is 5.24. The normalized spacial score (nSPS) is 15.7. The number of nitrogens with zero attached hydrogens (tertiary/aromatic N) is 5. The summed E-state index contributed by atoms with van der Waals surface area (Å²) >= 11 is 0. The van der Waals surface area contributed by atoms with E-state index in [1.54, 1.807) is 0 Å². The van der Waals surface area contributed by atoms with Crippen LogP contribution in [0, 0.1) is 6.92 Å². The molecule has 9 nitrogen and oxygen atoms in total. The van der Waals surface area contributed by atoms with Crippen molar-refractivity contribution in [3.05, 3.63) is 75.3 Å². The average Bonchev–Trinajstić information content (AvgIpc) is 3.54. The number of hydrogen-bond donors (Lipinski definition) is 1. The van der Waals surface area contributed by atoms with Crippen LogP contribution in [0.3, 0.4) is 0 Å². The Bertz CT molecular complexity index is 1420. The molecule has 0 atom stereocenters. The first-order chi connectivity index (χ1) is 17.6. The number of nitrogens with one attached hydrogen (secondary N) is 1. The Balaban J connectivity index is 1.31. The van der Waals surface area contributed by atoms with Crippen LogP contribution >= 0.6 is 0 Å². The third-order valence-electron chi connectivity index (χ3n) is 7.18. The van der Waals surface area contributed by atoms with Crippen LogP contribution in [0.2, 0.25) is 0 Å². The standard InChI is InChI=1S/C27H30N6O3/c1-18-7-9-19(10-8-18)14-32(16-26-29-30-31-33(26)22-5-3-2-4-6-22)15-21-11-20-12-24-25(36-17-35-24)13-23(20)28-27(21)34/h7-13,22H,2-6,14-17H2,1H3,(H,28,34). The lowest BCUT2D eigenvalue weighted by Crippen LogP contribution is -2.29. The van der Waals surface area contributed by atoms with Crippen molar-refractivity contribution in [3.8, 4) is 11.5 Å². The Kier molecular flexibility index (Phi) is 6.14. The van der Waals surface area contributed by atoms with E-state index in [2.05, 4.69) is 56.6 Å². The predicted molar refractivity (Wildman–Crippen MR) is 135 cm³/mol. The first kappa shape index (κ1) is 22.7. The number of benzene rings is 2. The van der Waals surface area contributed by atoms with E-state index in [4.69, 9.17) is 9.47 Å². The van der Waals surface area contributed by atoms with Gasteiger partial charge in [-0.2, -0.15) is 0 Å². The Hall–Kier alpha value is -3.72. The van der Waals surface area contributed by atoms with Crippen LogP contribution in [-0.2, 0) is 19.6 Å². The first-order valence-electron chi connectivity index (χ1n) is 12.6. The van der Waals surface area contributed by atoms with Gasteiger partial charge in [-0.1, -0.05) is 49.1 Å². The lowest BCUT2D eigenvalue weighted by molar-refractivity contribution is 0.174. The zero-order chi connectivity index (χ0) is 24.5. The maximum atomic E-state index is 13.1. The monoisotopic (exact) mass is 486 g/mol. The molecule has 2 aliphatic rings. The minimum absolute atomic E-state index is 0.109. The third-order valence-corrected chi connectivity index (χ3v) is 7.18. The maximum Gasteiger partial charge on any atom is 0.252 e. The molecule has 2 aromatic carbocycles. The van der Waals surface area contributed by atoms with Crippen molar-refractivity contribution in [2.75, 3.05) is 6.79 Å². The molecule has 1 aliphatic carbocycles. The first-order valence-corrected chi connectivity index (χ1v) is 12.6. The van der Waals surface area contributed by atoms with E-state index in [0.29, 0.717) is 42.7 Å². The van der Waals surface area contributed by atoms with Crippen molar-refractivity contribution in [3.63, 3.8) is 0 Å². The van der Waals surface area contributed by atoms with Gasteiger partial charge in [-0.05, 0) is 47.9 Å². The summed E-state index contributed by atoms with van der Waals surface area (Å²) in [6, 6.07) is 14.5. The average molecular weight is 487 g/mol. The van der Waals surface area contributed by atoms with Gasteiger partial charge in [0.1, 0.15) is 0 Å². The molecule has 0 bridgehead atoms. The van der Waals surface area contributed by atoms with Crippen LogP contribution in [0.1, 0.15) is 60.7 Å². The highest BCUT2D eigenvalue weighted by Crippen LogP contribution is 2.35. The number of tetrazole rings is 1. The molecule has 9 heteroatoms. The second-order valence-corrected chi connectivity index (χ2v) is 9.88. The summed E-state index contributed by atoms with van der Waals surface area (Å²) in [5, 5.41) is 13.7. The van der Waals surface area contributed by atoms with Crippen molar-refractivity contribution in [2.45, 2.75) is 64.7 Å². The molecule has 0 saturated heterocycles. The van der Waals surface area contributed by atoms with Gasteiger partial charge in [-0.3, -0.25) is 9.69 Å². The Morgan fingerprint density at radius 2 is 1.78 bits per heavy atom. The fraction of sp³-hybridized carbons (Fsp3) is 0.407. The molecule has 1 saturated carbocycles. The molecule has 1 N–H and O–H groups in total. The summed E-state index contributed by atoms with van der Waals surface area (Å²) in [5.74, 6) is 2.19. The number of pyridine rings is 1. The molecule has 3 heterocycles. The third kappa shape index (κ3) is 4.70. The van der Waals surface area contributed by atoms with Gasteiger partial charge in [0.15, 0.2) is 17.3 Å². The van der Waals surface area contributed by atoms with Gasteiger partial charge in [0.2, 0.25) is 6.79 Å². The van der Waals surface area contributed by atoms with Gasteiger partial charge in [-0.15, -0.1) is 5.10 Å². The summed E-state index contributed by atoms with van der Waals surface area (Å²) in [4.78, 5) is 18.3. The smallest absolute Gasteiger partial charge is 0.252 e. The molecule has 6 rings (SSSR count). The van der Waals surface area contributed by atoms with Crippen molar-refractivity contribution in [1.29, 1.82) is 0 Å². The quantitative estimate of drug-likeness (QED) is 0.417. The van der Waals surface area contributed by atoms with E-state index in [-0.39, 0.29) is 12.4 Å². The second-order valence-electron chi connectivity index (χ2n) is 9.88. The molecule has 0 unspecified atom stereocenters. The molecule has 186 valence electrons. The predicted octanol–water partition coefficient (Wildman–Crippen LogP) is 4.26. The topological polar surface area (TPSA) is 98.2 Å². The molecule has 36 heavy (non-hydrogen) atoms. The lowest BCUT2D eigenvalue weighted by atomic mass is 9.95. The zero-order valence-corrected chi connectivity index (χ0v) is 20.4. The largest absolute Gasteiger partial charge is 0.454 e. The van der Waals surface area contributed by atoms with E-state index in [1.807, 2.05) is 22.9 Å². The van der Waals surface area contributed by atoms with E-state index in [0.717, 1.165) is 29.6 Å². The van der Waals surface area contributed by atoms with Crippen molar-refractivity contribution >= 4 is 10.9 Å². The highest BCUT2D eigenvalue weighted by Gasteiger charge is 2.22. The molecule has 0 amide bonds. The van der Waals surface area contributed by atoms with Crippen molar-refractivity contribution in [1.82, 2.24) is 30.1 Å². The number of aromatic amines is 1. The molecule has 0 spiro atoms. The van der Waals surface area contributed by atoms with Gasteiger partial charge in [-0.25, -0.2) is 4.68 Å². The van der Waals surface area contributed by atoms with Crippen LogP contribution in [-0.4, -0.2) is 36.9 Å². The van der Waals surface area contributed by atoms with Crippen LogP contribution < -0.4 is 15.0 Å². The van der Waals surface area contributed by atoms with E-state index in [1.165, 1.54) is 30.4 Å². The number of rotatable bonds is 7. The summed E-state index contributed by atoms with van der Waals surface area (Å²) in [6.45, 7) is 3.97. The molecule has 1 fully saturated rings. The molecule has 1 aliphatic heterocycles. The summed E-state index contributed by atoms with van der Waals surface area (Å²) < 4.78 is 13.0. The van der Waals surface area contributed by atoms with Crippen LogP contribution in [0.4, 0.5) is 0 Å². The van der Waals surface area contributed by atoms with Crippen LogP contribution in [0.25, 0.3) is 10.9 Å². The van der Waals surface area contributed by atoms with Crippen molar-refractivity contribution in [2.24, 2.45) is 0 Å². The summed E-state index contributed by atoms with van der Waals surface area (Å²) in [7, 11) is 0. The zero-order valence-electron chi connectivity index (χ0n) is 20.4. The highest BCUT2D eigenvalue weighted by molar-refractivity contribution is 5.83. The minimum Gasteiger partial charge on any atom is -0.454 e. The van der Waals surface area contributed by atoms with Crippen LogP contribution in [0.5, 0.6) is 11.5 Å². The van der Waals surface area contributed by atoms with E-state index >= 15 is 0 Å². The SMILES string of the molecule is Cc1ccc(CN(Cc2cc3cc4c(cc3[nH]c2=O)OCO4)Cc2nnnn2C2CCCCC2)cc1. The molecule has 0 radical (unpaired) electrons. The second kappa shape index (κ2) is 9.73. The summed E-state index contributed by atoms with van der Waals surface area (Å²) in [5.41, 5.74) is 3.71.